The lowest BCUT2D eigenvalue weighted by Gasteiger charge is -2.26. The van der Waals surface area contributed by atoms with Crippen LogP contribution in [0.15, 0.2) is 223 Å². The highest BCUT2D eigenvalue weighted by atomic mass is 16.3. The molecule has 0 fully saturated rings. The van der Waals surface area contributed by atoms with Gasteiger partial charge in [-0.05, 0) is 89.0 Å². The number of furan rings is 1. The zero-order chi connectivity index (χ0) is 37.7. The minimum absolute atomic E-state index is 0.909. The highest BCUT2D eigenvalue weighted by Crippen LogP contribution is 2.41. The molecule has 0 saturated heterocycles. The molecule has 3 nitrogen and oxygen atoms in total. The summed E-state index contributed by atoms with van der Waals surface area (Å²) in [5.41, 5.74) is 15.6. The fourth-order valence-corrected chi connectivity index (χ4v) is 8.55. The molecule has 0 unspecified atom stereocenters. The molecular weight excluding hydrogens is 693 g/mol. The van der Waals surface area contributed by atoms with E-state index in [-0.39, 0.29) is 0 Å². The van der Waals surface area contributed by atoms with E-state index in [2.05, 4.69) is 216 Å². The molecule has 0 aliphatic heterocycles. The summed E-state index contributed by atoms with van der Waals surface area (Å²) in [5.74, 6) is 0. The number of fused-ring (bicyclic) bond motifs is 6. The molecule has 0 saturated carbocycles. The highest BCUT2D eigenvalue weighted by Gasteiger charge is 2.17. The van der Waals surface area contributed by atoms with Gasteiger partial charge in [-0.1, -0.05) is 152 Å². The Kier molecular flexibility index (Phi) is 7.82. The van der Waals surface area contributed by atoms with Gasteiger partial charge < -0.3 is 13.9 Å². The summed E-state index contributed by atoms with van der Waals surface area (Å²) < 4.78 is 8.78. The molecule has 0 spiro atoms. The van der Waals surface area contributed by atoms with Gasteiger partial charge in [0.15, 0.2) is 0 Å². The van der Waals surface area contributed by atoms with Gasteiger partial charge >= 0.3 is 0 Å². The number of nitrogens with zero attached hydrogens (tertiary/aromatic N) is 2. The molecule has 9 aromatic carbocycles. The van der Waals surface area contributed by atoms with E-state index in [1.165, 1.54) is 44.2 Å². The zero-order valence-corrected chi connectivity index (χ0v) is 31.1. The lowest BCUT2D eigenvalue weighted by atomic mass is 9.97. The first kappa shape index (κ1) is 32.8. The third kappa shape index (κ3) is 5.60. The van der Waals surface area contributed by atoms with E-state index < -0.39 is 0 Å². The van der Waals surface area contributed by atoms with Gasteiger partial charge in [0.05, 0.1) is 16.7 Å². The van der Waals surface area contributed by atoms with Crippen molar-refractivity contribution in [3.63, 3.8) is 0 Å². The van der Waals surface area contributed by atoms with Gasteiger partial charge in [0.25, 0.3) is 0 Å². The van der Waals surface area contributed by atoms with E-state index in [1.807, 2.05) is 12.1 Å². The number of rotatable bonds is 7. The third-order valence-electron chi connectivity index (χ3n) is 11.2. The van der Waals surface area contributed by atoms with Gasteiger partial charge in [-0.2, -0.15) is 0 Å². The number of para-hydroxylation sites is 6. The standard InChI is InChI=1S/C54H36N2O/c1-2-16-41(17-3-1)55(43-34-30-38(31-35-43)45-22-13-23-49-48-21-7-11-27-53(48)57-54(45)49)42-32-28-37(29-33-42)39-14-12-15-40(36-39)44-18-4-8-24-50(44)56-51-25-9-5-19-46(51)47-20-6-10-26-52(47)56/h1-36H. The first-order valence-corrected chi connectivity index (χ1v) is 19.4. The van der Waals surface area contributed by atoms with Crippen LogP contribution in [0.3, 0.4) is 0 Å². The summed E-state index contributed by atoms with van der Waals surface area (Å²) in [4.78, 5) is 2.31. The van der Waals surface area contributed by atoms with Crippen LogP contribution in [0, 0.1) is 0 Å². The minimum atomic E-state index is 0.909. The quantitative estimate of drug-likeness (QED) is 0.163. The Bertz CT molecular complexity index is 3170. The average molecular weight is 729 g/mol. The van der Waals surface area contributed by atoms with Crippen molar-refractivity contribution in [2.24, 2.45) is 0 Å². The van der Waals surface area contributed by atoms with E-state index in [9.17, 15) is 0 Å². The molecule has 11 rings (SSSR count). The Balaban J connectivity index is 0.944. The fraction of sp³-hybridized carbons (Fsp3) is 0. The van der Waals surface area contributed by atoms with Crippen LogP contribution in [0.2, 0.25) is 0 Å². The van der Waals surface area contributed by atoms with E-state index in [0.29, 0.717) is 0 Å². The Labute approximate surface area is 330 Å². The minimum Gasteiger partial charge on any atom is -0.455 e. The van der Waals surface area contributed by atoms with Crippen molar-refractivity contribution < 1.29 is 4.42 Å². The lowest BCUT2D eigenvalue weighted by molar-refractivity contribution is 0.670. The second kappa shape index (κ2) is 13.6. The van der Waals surface area contributed by atoms with Crippen LogP contribution in [0.1, 0.15) is 0 Å². The van der Waals surface area contributed by atoms with Gasteiger partial charge in [0.1, 0.15) is 11.2 Å². The summed E-state index contributed by atoms with van der Waals surface area (Å²) in [6.07, 6.45) is 0. The molecule has 0 amide bonds. The van der Waals surface area contributed by atoms with E-state index in [1.54, 1.807) is 0 Å². The molecule has 2 heterocycles. The first-order valence-electron chi connectivity index (χ1n) is 19.4. The van der Waals surface area contributed by atoms with Crippen LogP contribution in [0.4, 0.5) is 17.1 Å². The summed E-state index contributed by atoms with van der Waals surface area (Å²) in [7, 11) is 0. The topological polar surface area (TPSA) is 21.3 Å². The van der Waals surface area contributed by atoms with Gasteiger partial charge in [-0.3, -0.25) is 0 Å². The van der Waals surface area contributed by atoms with Crippen molar-refractivity contribution >= 4 is 60.8 Å². The first-order chi connectivity index (χ1) is 28.3. The predicted molar refractivity (Wildman–Crippen MR) is 239 cm³/mol. The molecular formula is C54H36N2O. The van der Waals surface area contributed by atoms with Crippen LogP contribution in [-0.4, -0.2) is 4.57 Å². The zero-order valence-electron chi connectivity index (χ0n) is 31.1. The number of aromatic nitrogens is 1. The monoisotopic (exact) mass is 728 g/mol. The molecule has 0 aliphatic rings. The Morgan fingerprint density at radius 1 is 0.333 bits per heavy atom. The van der Waals surface area contributed by atoms with Crippen LogP contribution in [0.5, 0.6) is 0 Å². The molecule has 57 heavy (non-hydrogen) atoms. The maximum Gasteiger partial charge on any atom is 0.143 e. The van der Waals surface area contributed by atoms with Crippen molar-refractivity contribution in [1.29, 1.82) is 0 Å². The van der Waals surface area contributed by atoms with E-state index in [0.717, 1.165) is 55.7 Å². The molecule has 0 bridgehead atoms. The normalized spacial score (nSPS) is 11.5. The van der Waals surface area contributed by atoms with Crippen LogP contribution in [0.25, 0.3) is 82.8 Å². The Morgan fingerprint density at radius 3 is 1.60 bits per heavy atom. The average Bonchev–Trinajstić information content (AvgIpc) is 3.84. The van der Waals surface area contributed by atoms with Crippen molar-refractivity contribution in [3.05, 3.63) is 218 Å². The number of anilines is 3. The number of hydrogen-bond acceptors (Lipinski definition) is 2. The maximum absolute atomic E-state index is 6.38. The van der Waals surface area contributed by atoms with Crippen molar-refractivity contribution in [1.82, 2.24) is 4.57 Å². The van der Waals surface area contributed by atoms with E-state index >= 15 is 0 Å². The SMILES string of the molecule is c1ccc(N(c2ccc(-c3cccc(-c4ccccc4-n4c5ccccc5c5ccccc54)c3)cc2)c2ccc(-c3cccc4c3oc3ccccc34)cc2)cc1. The van der Waals surface area contributed by atoms with Gasteiger partial charge in [-0.15, -0.1) is 0 Å². The second-order valence-corrected chi connectivity index (χ2v) is 14.5. The molecule has 268 valence electrons. The largest absolute Gasteiger partial charge is 0.455 e. The molecule has 0 atom stereocenters. The predicted octanol–water partition coefficient (Wildman–Crippen LogP) is 15.2. The Morgan fingerprint density at radius 2 is 0.860 bits per heavy atom. The van der Waals surface area contributed by atoms with Gasteiger partial charge in [0, 0.05) is 49.7 Å². The van der Waals surface area contributed by atoms with Gasteiger partial charge in [0.2, 0.25) is 0 Å². The number of hydrogen-bond donors (Lipinski definition) is 0. The Hall–Kier alpha value is -7.62. The van der Waals surface area contributed by atoms with Crippen molar-refractivity contribution in [3.8, 4) is 39.1 Å². The number of benzene rings is 9. The van der Waals surface area contributed by atoms with Crippen molar-refractivity contribution in [2.75, 3.05) is 4.90 Å². The highest BCUT2D eigenvalue weighted by molar-refractivity contribution is 6.10. The fourth-order valence-electron chi connectivity index (χ4n) is 8.55. The molecule has 0 radical (unpaired) electrons. The summed E-state index contributed by atoms with van der Waals surface area (Å²) in [6.45, 7) is 0. The molecule has 0 N–H and O–H groups in total. The van der Waals surface area contributed by atoms with Crippen LogP contribution < -0.4 is 4.90 Å². The molecule has 3 heteroatoms. The summed E-state index contributed by atoms with van der Waals surface area (Å²) in [6, 6.07) is 78.0. The van der Waals surface area contributed by atoms with Crippen LogP contribution in [-0.2, 0) is 0 Å². The van der Waals surface area contributed by atoms with Crippen LogP contribution >= 0.6 is 0 Å². The molecule has 2 aromatic heterocycles. The molecule has 11 aromatic rings. The van der Waals surface area contributed by atoms with Gasteiger partial charge in [-0.25, -0.2) is 0 Å². The molecule has 0 aliphatic carbocycles. The van der Waals surface area contributed by atoms with E-state index in [4.69, 9.17) is 4.42 Å². The second-order valence-electron chi connectivity index (χ2n) is 14.5. The lowest BCUT2D eigenvalue weighted by Crippen LogP contribution is -2.09. The smallest absolute Gasteiger partial charge is 0.143 e. The summed E-state index contributed by atoms with van der Waals surface area (Å²) in [5, 5.41) is 4.80. The summed E-state index contributed by atoms with van der Waals surface area (Å²) >= 11 is 0. The third-order valence-corrected chi connectivity index (χ3v) is 11.2. The maximum atomic E-state index is 6.38. The van der Waals surface area contributed by atoms with Crippen molar-refractivity contribution in [2.45, 2.75) is 0 Å².